The lowest BCUT2D eigenvalue weighted by Gasteiger charge is -2.24. The lowest BCUT2D eigenvalue weighted by Crippen LogP contribution is -2.37. The Hall–Kier alpha value is -1.38. The first-order valence-corrected chi connectivity index (χ1v) is 6.60. The number of nitrogens with zero attached hydrogens (tertiary/aromatic N) is 1. The molecule has 1 fully saturated rings. The van der Waals surface area contributed by atoms with Crippen molar-refractivity contribution in [3.8, 4) is 0 Å². The molecular weight excluding hydrogens is 229 g/mol. The van der Waals surface area contributed by atoms with Crippen molar-refractivity contribution in [3.63, 3.8) is 0 Å². The van der Waals surface area contributed by atoms with Crippen LogP contribution in [0.5, 0.6) is 0 Å². The van der Waals surface area contributed by atoms with Crippen LogP contribution < -0.4 is 0 Å². The molecule has 0 saturated heterocycles. The van der Waals surface area contributed by atoms with Gasteiger partial charge in [-0.3, -0.25) is 4.79 Å². The summed E-state index contributed by atoms with van der Waals surface area (Å²) in [5.74, 6) is 0.320. The molecule has 1 aromatic carbocycles. The maximum absolute atomic E-state index is 13.1. The molecule has 0 bridgehead atoms. The van der Waals surface area contributed by atoms with E-state index in [1.54, 1.807) is 12.1 Å². The fourth-order valence-electron chi connectivity index (χ4n) is 2.16. The fraction of sp³-hybridized carbons (Fsp3) is 0.533. The molecule has 0 aromatic heterocycles. The number of rotatable bonds is 5. The van der Waals surface area contributed by atoms with Crippen molar-refractivity contribution in [1.82, 2.24) is 4.90 Å². The van der Waals surface area contributed by atoms with Gasteiger partial charge < -0.3 is 4.90 Å². The minimum Gasteiger partial charge on any atom is -0.339 e. The van der Waals surface area contributed by atoms with Crippen molar-refractivity contribution in [2.24, 2.45) is 5.92 Å². The average Bonchev–Trinajstić information content (AvgIpc) is 3.09. The van der Waals surface area contributed by atoms with E-state index < -0.39 is 0 Å². The van der Waals surface area contributed by atoms with E-state index in [1.165, 1.54) is 12.1 Å². The van der Waals surface area contributed by atoms with Gasteiger partial charge in [0, 0.05) is 12.6 Å². The monoisotopic (exact) mass is 249 g/mol. The number of carbonyl (C=O) groups is 1. The van der Waals surface area contributed by atoms with E-state index in [1.807, 2.05) is 4.90 Å². The smallest absolute Gasteiger partial charge is 0.227 e. The highest BCUT2D eigenvalue weighted by molar-refractivity contribution is 5.79. The third kappa shape index (κ3) is 3.56. The molecule has 0 aliphatic heterocycles. The maximum Gasteiger partial charge on any atom is 0.227 e. The van der Waals surface area contributed by atoms with Crippen molar-refractivity contribution >= 4 is 5.91 Å². The van der Waals surface area contributed by atoms with Gasteiger partial charge in [0.05, 0.1) is 6.42 Å². The molecule has 18 heavy (non-hydrogen) atoms. The zero-order valence-electron chi connectivity index (χ0n) is 11.0. The predicted molar refractivity (Wildman–Crippen MR) is 69.7 cm³/mol. The van der Waals surface area contributed by atoms with Gasteiger partial charge in [-0.1, -0.05) is 26.0 Å². The lowest BCUT2D eigenvalue weighted by molar-refractivity contribution is -0.131. The molecule has 1 saturated carbocycles. The highest BCUT2D eigenvalue weighted by Gasteiger charge is 2.32. The van der Waals surface area contributed by atoms with Gasteiger partial charge in [0.1, 0.15) is 5.82 Å². The quantitative estimate of drug-likeness (QED) is 0.785. The molecule has 1 aromatic rings. The van der Waals surface area contributed by atoms with Crippen molar-refractivity contribution in [2.75, 3.05) is 6.54 Å². The summed E-state index contributed by atoms with van der Waals surface area (Å²) >= 11 is 0. The molecule has 0 atom stereocenters. The largest absolute Gasteiger partial charge is 0.339 e. The summed E-state index contributed by atoms with van der Waals surface area (Å²) in [6.07, 6.45) is 2.53. The van der Waals surface area contributed by atoms with Crippen LogP contribution in [0.25, 0.3) is 0 Å². The third-order valence-electron chi connectivity index (χ3n) is 3.11. The topological polar surface area (TPSA) is 20.3 Å². The summed E-state index contributed by atoms with van der Waals surface area (Å²) in [5, 5.41) is 0. The Kier molecular flexibility index (Phi) is 4.00. The van der Waals surface area contributed by atoms with Gasteiger partial charge >= 0.3 is 0 Å². The molecule has 1 aliphatic carbocycles. The Bertz CT molecular complexity index is 426. The van der Waals surface area contributed by atoms with Crippen LogP contribution >= 0.6 is 0 Å². The SMILES string of the molecule is CC(C)CN(C(=O)Cc1cccc(F)c1)C1CC1. The zero-order chi connectivity index (χ0) is 13.1. The lowest BCUT2D eigenvalue weighted by atomic mass is 10.1. The first-order valence-electron chi connectivity index (χ1n) is 6.60. The predicted octanol–water partition coefficient (Wildman–Crippen LogP) is 3.02. The molecule has 2 nitrogen and oxygen atoms in total. The minimum absolute atomic E-state index is 0.122. The van der Waals surface area contributed by atoms with Crippen molar-refractivity contribution < 1.29 is 9.18 Å². The summed E-state index contributed by atoms with van der Waals surface area (Å²) in [6, 6.07) is 6.73. The van der Waals surface area contributed by atoms with E-state index in [4.69, 9.17) is 0 Å². The van der Waals surface area contributed by atoms with Gasteiger partial charge in [-0.05, 0) is 36.5 Å². The summed E-state index contributed by atoms with van der Waals surface area (Å²) in [6.45, 7) is 5.04. The number of hydrogen-bond donors (Lipinski definition) is 0. The van der Waals surface area contributed by atoms with Crippen molar-refractivity contribution in [2.45, 2.75) is 39.2 Å². The number of halogens is 1. The highest BCUT2D eigenvalue weighted by Crippen LogP contribution is 2.28. The van der Waals surface area contributed by atoms with E-state index >= 15 is 0 Å². The number of carbonyl (C=O) groups excluding carboxylic acids is 1. The Balaban J connectivity index is 2.00. The molecule has 2 rings (SSSR count). The second-order valence-corrected chi connectivity index (χ2v) is 5.48. The van der Waals surface area contributed by atoms with E-state index in [9.17, 15) is 9.18 Å². The van der Waals surface area contributed by atoms with Gasteiger partial charge in [0.2, 0.25) is 5.91 Å². The van der Waals surface area contributed by atoms with E-state index in [0.29, 0.717) is 18.4 Å². The molecule has 1 amide bonds. The standard InChI is InChI=1S/C15H20FNO/c1-11(2)10-17(14-6-7-14)15(18)9-12-4-3-5-13(16)8-12/h3-5,8,11,14H,6-7,9-10H2,1-2H3. The van der Waals surface area contributed by atoms with Crippen molar-refractivity contribution in [1.29, 1.82) is 0 Å². The summed E-state index contributed by atoms with van der Waals surface area (Å²) < 4.78 is 13.1. The maximum atomic E-state index is 13.1. The van der Waals surface area contributed by atoms with E-state index in [-0.39, 0.29) is 11.7 Å². The van der Waals surface area contributed by atoms with Gasteiger partial charge in [0.15, 0.2) is 0 Å². The number of benzene rings is 1. The fourth-order valence-corrected chi connectivity index (χ4v) is 2.16. The van der Waals surface area contributed by atoms with Crippen LogP contribution in [-0.2, 0) is 11.2 Å². The second kappa shape index (κ2) is 5.51. The number of hydrogen-bond acceptors (Lipinski definition) is 1. The van der Waals surface area contributed by atoms with Gasteiger partial charge in [0.25, 0.3) is 0 Å². The second-order valence-electron chi connectivity index (χ2n) is 5.48. The third-order valence-corrected chi connectivity index (χ3v) is 3.11. The Morgan fingerprint density at radius 2 is 2.17 bits per heavy atom. The first kappa shape index (κ1) is 13.1. The molecule has 0 N–H and O–H groups in total. The van der Waals surface area contributed by atoms with Gasteiger partial charge in [-0.25, -0.2) is 4.39 Å². The van der Waals surface area contributed by atoms with Crippen LogP contribution in [-0.4, -0.2) is 23.4 Å². The van der Waals surface area contributed by atoms with Crippen LogP contribution in [0.4, 0.5) is 4.39 Å². The van der Waals surface area contributed by atoms with Crippen LogP contribution in [0.2, 0.25) is 0 Å². The zero-order valence-corrected chi connectivity index (χ0v) is 11.0. The summed E-state index contributed by atoms with van der Waals surface area (Å²) in [7, 11) is 0. The Morgan fingerprint density at radius 1 is 1.44 bits per heavy atom. The van der Waals surface area contributed by atoms with Crippen LogP contribution in [0.3, 0.4) is 0 Å². The van der Waals surface area contributed by atoms with Crippen LogP contribution in [0.1, 0.15) is 32.3 Å². The van der Waals surface area contributed by atoms with E-state index in [0.717, 1.165) is 24.9 Å². The molecule has 0 radical (unpaired) electrons. The molecule has 0 spiro atoms. The summed E-state index contributed by atoms with van der Waals surface area (Å²) in [5.41, 5.74) is 0.759. The molecule has 1 aliphatic rings. The highest BCUT2D eigenvalue weighted by atomic mass is 19.1. The van der Waals surface area contributed by atoms with Gasteiger partial charge in [-0.2, -0.15) is 0 Å². The van der Waals surface area contributed by atoms with Crippen LogP contribution in [0.15, 0.2) is 24.3 Å². The van der Waals surface area contributed by atoms with Crippen molar-refractivity contribution in [3.05, 3.63) is 35.6 Å². The molecule has 0 unspecified atom stereocenters. The molecular formula is C15H20FNO. The molecule has 3 heteroatoms. The van der Waals surface area contributed by atoms with Gasteiger partial charge in [-0.15, -0.1) is 0 Å². The molecule has 0 heterocycles. The Morgan fingerprint density at radius 3 is 2.72 bits per heavy atom. The van der Waals surface area contributed by atoms with E-state index in [2.05, 4.69) is 13.8 Å². The minimum atomic E-state index is -0.276. The first-order chi connectivity index (χ1) is 8.56. The average molecular weight is 249 g/mol. The normalized spacial score (nSPS) is 14.9. The van der Waals surface area contributed by atoms with Crippen LogP contribution in [0, 0.1) is 11.7 Å². The Labute approximate surface area is 108 Å². The number of amides is 1. The molecule has 98 valence electrons. The summed E-state index contributed by atoms with van der Waals surface area (Å²) in [4.78, 5) is 14.2.